The topological polar surface area (TPSA) is 77.0 Å². The smallest absolute Gasteiger partial charge is 0.436 e. The number of nitrogens with zero attached hydrogens (tertiary/aromatic N) is 1. The van der Waals surface area contributed by atoms with Crippen LogP contribution in [0.15, 0.2) is 4.99 Å². The summed E-state index contributed by atoms with van der Waals surface area (Å²) in [4.78, 5) is 25.4. The van der Waals surface area contributed by atoms with Crippen molar-refractivity contribution in [3.63, 3.8) is 0 Å². The highest BCUT2D eigenvalue weighted by Gasteiger charge is 2.07. The molecule has 0 aliphatic heterocycles. The monoisotopic (exact) mass is 234 g/mol. The lowest BCUT2D eigenvalue weighted by Crippen LogP contribution is -2.29. The van der Waals surface area contributed by atoms with Crippen molar-refractivity contribution in [3.05, 3.63) is 0 Å². The molecule has 0 aliphatic carbocycles. The van der Waals surface area contributed by atoms with Crippen LogP contribution in [-0.4, -0.2) is 36.8 Å². The summed E-state index contributed by atoms with van der Waals surface area (Å²) >= 11 is 1.12. The SMILES string of the molecule is CCOC(=O)N=C(NC(=O)OCC)SC. The van der Waals surface area contributed by atoms with E-state index in [1.54, 1.807) is 20.1 Å². The molecule has 6 nitrogen and oxygen atoms in total. The average molecular weight is 234 g/mol. The maximum absolute atomic E-state index is 11.0. The van der Waals surface area contributed by atoms with Crippen LogP contribution in [0.25, 0.3) is 0 Å². The van der Waals surface area contributed by atoms with Crippen molar-refractivity contribution >= 4 is 29.1 Å². The summed E-state index contributed by atoms with van der Waals surface area (Å²) in [6, 6.07) is 0. The fourth-order valence-corrected chi connectivity index (χ4v) is 0.969. The quantitative estimate of drug-likeness (QED) is 0.580. The van der Waals surface area contributed by atoms with Crippen molar-refractivity contribution in [2.75, 3.05) is 19.5 Å². The van der Waals surface area contributed by atoms with Crippen molar-refractivity contribution in [2.24, 2.45) is 4.99 Å². The number of alkyl carbamates (subject to hydrolysis) is 1. The first kappa shape index (κ1) is 13.8. The van der Waals surface area contributed by atoms with Gasteiger partial charge in [-0.15, -0.1) is 0 Å². The highest BCUT2D eigenvalue weighted by Crippen LogP contribution is 1.97. The van der Waals surface area contributed by atoms with Crippen LogP contribution in [-0.2, 0) is 9.47 Å². The van der Waals surface area contributed by atoms with Gasteiger partial charge in [-0.25, -0.2) is 9.59 Å². The van der Waals surface area contributed by atoms with Gasteiger partial charge in [0.1, 0.15) is 0 Å². The summed E-state index contributed by atoms with van der Waals surface area (Å²) in [5.74, 6) is 0. The van der Waals surface area contributed by atoms with Crippen LogP contribution in [0.1, 0.15) is 13.8 Å². The summed E-state index contributed by atoms with van der Waals surface area (Å²) in [5.41, 5.74) is 0. The normalized spacial score (nSPS) is 10.7. The van der Waals surface area contributed by atoms with Crippen LogP contribution in [0.5, 0.6) is 0 Å². The Morgan fingerprint density at radius 3 is 2.33 bits per heavy atom. The highest BCUT2D eigenvalue weighted by atomic mass is 32.2. The number of amides is 2. The van der Waals surface area contributed by atoms with E-state index >= 15 is 0 Å². The van der Waals surface area contributed by atoms with Crippen LogP contribution in [0.2, 0.25) is 0 Å². The Labute approximate surface area is 92.4 Å². The van der Waals surface area contributed by atoms with Crippen molar-refractivity contribution in [2.45, 2.75) is 13.8 Å². The van der Waals surface area contributed by atoms with Crippen molar-refractivity contribution in [3.8, 4) is 0 Å². The number of aliphatic imine (C=N–C) groups is 1. The lowest BCUT2D eigenvalue weighted by molar-refractivity contribution is 0.158. The molecule has 15 heavy (non-hydrogen) atoms. The molecule has 0 unspecified atom stereocenters. The molecule has 0 saturated carbocycles. The molecular weight excluding hydrogens is 220 g/mol. The minimum atomic E-state index is -0.737. The Kier molecular flexibility index (Phi) is 7.43. The van der Waals surface area contributed by atoms with Crippen LogP contribution < -0.4 is 5.32 Å². The van der Waals surface area contributed by atoms with Gasteiger partial charge in [-0.1, -0.05) is 11.8 Å². The Hall–Kier alpha value is -1.24. The second-order valence-corrected chi connectivity index (χ2v) is 2.96. The predicted molar refractivity (Wildman–Crippen MR) is 58.1 cm³/mol. The molecule has 0 bridgehead atoms. The largest absolute Gasteiger partial charge is 0.450 e. The van der Waals surface area contributed by atoms with E-state index in [9.17, 15) is 9.59 Å². The minimum Gasteiger partial charge on any atom is -0.450 e. The molecule has 0 aromatic carbocycles. The molecule has 0 saturated heterocycles. The second-order valence-electron chi connectivity index (χ2n) is 2.17. The van der Waals surface area contributed by atoms with Gasteiger partial charge in [0, 0.05) is 0 Å². The fraction of sp³-hybridized carbons (Fsp3) is 0.625. The summed E-state index contributed by atoms with van der Waals surface area (Å²) < 4.78 is 9.20. The summed E-state index contributed by atoms with van der Waals surface area (Å²) in [6.07, 6.45) is 0.290. The first-order valence-corrected chi connectivity index (χ1v) is 5.59. The van der Waals surface area contributed by atoms with E-state index in [0.717, 1.165) is 11.8 Å². The van der Waals surface area contributed by atoms with Crippen molar-refractivity contribution < 1.29 is 19.1 Å². The van der Waals surface area contributed by atoms with E-state index in [1.165, 1.54) is 0 Å². The zero-order valence-corrected chi connectivity index (χ0v) is 9.72. The first-order valence-electron chi connectivity index (χ1n) is 4.37. The summed E-state index contributed by atoms with van der Waals surface area (Å²) in [5, 5.41) is 2.45. The molecule has 86 valence electrons. The molecular formula is C8H14N2O4S. The molecule has 0 spiro atoms. The van der Waals surface area contributed by atoms with Gasteiger partial charge in [0.15, 0.2) is 5.17 Å². The molecule has 1 N–H and O–H groups in total. The molecule has 0 rings (SSSR count). The second kappa shape index (κ2) is 8.10. The number of hydrogen-bond acceptors (Lipinski definition) is 5. The van der Waals surface area contributed by atoms with E-state index < -0.39 is 12.2 Å². The Morgan fingerprint density at radius 2 is 1.87 bits per heavy atom. The molecule has 7 heteroatoms. The van der Waals surface area contributed by atoms with Gasteiger partial charge in [0.2, 0.25) is 0 Å². The number of nitrogens with one attached hydrogen (secondary N) is 1. The number of hydrogen-bond donors (Lipinski definition) is 1. The maximum Gasteiger partial charge on any atom is 0.436 e. The van der Waals surface area contributed by atoms with E-state index in [0.29, 0.717) is 0 Å². The van der Waals surface area contributed by atoms with Crippen LogP contribution in [0.4, 0.5) is 9.59 Å². The molecule has 2 amide bonds. The molecule has 0 aliphatic rings. The third kappa shape index (κ3) is 6.78. The molecule has 0 atom stereocenters. The number of carbonyl (C=O) groups is 2. The summed E-state index contributed by atoms with van der Waals surface area (Å²) in [6.45, 7) is 3.85. The first-order chi connectivity index (χ1) is 7.13. The third-order valence-corrected chi connectivity index (χ3v) is 1.72. The van der Waals surface area contributed by atoms with Gasteiger partial charge >= 0.3 is 12.2 Å². The Bertz CT molecular complexity index is 255. The van der Waals surface area contributed by atoms with Crippen LogP contribution in [0.3, 0.4) is 0 Å². The third-order valence-electron chi connectivity index (χ3n) is 1.14. The zero-order valence-electron chi connectivity index (χ0n) is 8.90. The Morgan fingerprint density at radius 1 is 1.27 bits per heavy atom. The molecule has 0 aromatic heterocycles. The highest BCUT2D eigenvalue weighted by molar-refractivity contribution is 8.13. The van der Waals surface area contributed by atoms with Crippen LogP contribution in [0, 0.1) is 0 Å². The average Bonchev–Trinajstić information content (AvgIpc) is 2.17. The van der Waals surface area contributed by atoms with E-state index in [-0.39, 0.29) is 18.4 Å². The predicted octanol–water partition coefficient (Wildman–Crippen LogP) is 1.61. The minimum absolute atomic E-state index is 0.145. The summed E-state index contributed by atoms with van der Waals surface area (Å²) in [7, 11) is 0. The van der Waals surface area contributed by atoms with Gasteiger partial charge in [-0.2, -0.15) is 4.99 Å². The molecule has 0 heterocycles. The zero-order chi connectivity index (χ0) is 11.7. The molecule has 0 aromatic rings. The van der Waals surface area contributed by atoms with E-state index in [4.69, 9.17) is 0 Å². The van der Waals surface area contributed by atoms with Crippen molar-refractivity contribution in [1.82, 2.24) is 5.32 Å². The Balaban J connectivity index is 4.22. The molecule has 0 fully saturated rings. The van der Waals surface area contributed by atoms with E-state index in [2.05, 4.69) is 19.8 Å². The maximum atomic E-state index is 11.0. The number of rotatable bonds is 2. The van der Waals surface area contributed by atoms with Crippen LogP contribution >= 0.6 is 11.8 Å². The van der Waals surface area contributed by atoms with Gasteiger partial charge in [-0.3, -0.25) is 5.32 Å². The molecule has 0 radical (unpaired) electrons. The lowest BCUT2D eigenvalue weighted by Gasteiger charge is -2.05. The fourth-order valence-electron chi connectivity index (χ4n) is 0.618. The van der Waals surface area contributed by atoms with Gasteiger partial charge < -0.3 is 9.47 Å². The number of amidine groups is 1. The van der Waals surface area contributed by atoms with Gasteiger partial charge in [0.05, 0.1) is 13.2 Å². The van der Waals surface area contributed by atoms with E-state index in [1.807, 2.05) is 0 Å². The standard InChI is InChI=1S/C8H14N2O4S/c1-4-13-7(11)9-6(15-3)10-8(12)14-5-2/h4-5H2,1-3H3,(H,9,10,11,12). The van der Waals surface area contributed by atoms with Crippen molar-refractivity contribution in [1.29, 1.82) is 0 Å². The lowest BCUT2D eigenvalue weighted by atomic mass is 10.8. The number of thioether (sulfide) groups is 1. The van der Waals surface area contributed by atoms with Gasteiger partial charge in [-0.05, 0) is 20.1 Å². The van der Waals surface area contributed by atoms with Gasteiger partial charge in [0.25, 0.3) is 0 Å². The number of carbonyl (C=O) groups excluding carboxylic acids is 2. The number of ether oxygens (including phenoxy) is 2.